The minimum absolute atomic E-state index is 0.0828. The summed E-state index contributed by atoms with van der Waals surface area (Å²) >= 11 is 4.80. The lowest BCUT2D eigenvalue weighted by Gasteiger charge is -2.08. The number of aromatic nitrogens is 1. The molecular formula is C18H16BrN3O2S. The second-order valence-electron chi connectivity index (χ2n) is 5.06. The molecule has 2 aromatic carbocycles. The van der Waals surface area contributed by atoms with E-state index in [4.69, 9.17) is 4.74 Å². The van der Waals surface area contributed by atoms with Crippen LogP contribution in [-0.4, -0.2) is 22.9 Å². The number of phenols is 1. The predicted octanol–water partition coefficient (Wildman–Crippen LogP) is 5.12. The van der Waals surface area contributed by atoms with Crippen LogP contribution >= 0.6 is 27.3 Å². The van der Waals surface area contributed by atoms with Crippen molar-refractivity contribution >= 4 is 38.6 Å². The van der Waals surface area contributed by atoms with Gasteiger partial charge in [0.1, 0.15) is 0 Å². The molecule has 0 spiro atoms. The van der Waals surface area contributed by atoms with Crippen LogP contribution in [0.15, 0.2) is 57.4 Å². The molecule has 1 heterocycles. The number of hydrogen-bond acceptors (Lipinski definition) is 6. The lowest BCUT2D eigenvalue weighted by Crippen LogP contribution is -1.95. The minimum Gasteiger partial charge on any atom is -0.503 e. The van der Waals surface area contributed by atoms with Gasteiger partial charge in [0.15, 0.2) is 11.5 Å². The van der Waals surface area contributed by atoms with Crippen molar-refractivity contribution in [1.82, 2.24) is 4.98 Å². The molecule has 3 rings (SSSR count). The van der Waals surface area contributed by atoms with Gasteiger partial charge in [0.05, 0.1) is 23.0 Å². The average Bonchev–Trinajstić information content (AvgIpc) is 3.09. The summed E-state index contributed by atoms with van der Waals surface area (Å²) in [4.78, 5) is 4.51. The summed E-state index contributed by atoms with van der Waals surface area (Å²) in [5, 5.41) is 16.8. The van der Waals surface area contributed by atoms with E-state index in [1.165, 1.54) is 11.3 Å². The van der Waals surface area contributed by atoms with E-state index in [1.807, 2.05) is 42.6 Å². The second kappa shape index (κ2) is 8.13. The fourth-order valence-corrected chi connectivity index (χ4v) is 3.29. The van der Waals surface area contributed by atoms with E-state index in [0.29, 0.717) is 22.0 Å². The van der Waals surface area contributed by atoms with Crippen LogP contribution in [-0.2, 0) is 0 Å². The van der Waals surface area contributed by atoms with Crippen molar-refractivity contribution in [3.05, 3.63) is 57.9 Å². The van der Waals surface area contributed by atoms with E-state index >= 15 is 0 Å². The highest BCUT2D eigenvalue weighted by atomic mass is 79.9. The molecule has 1 aromatic heterocycles. The first kappa shape index (κ1) is 17.4. The van der Waals surface area contributed by atoms with Gasteiger partial charge in [0.2, 0.25) is 5.13 Å². The van der Waals surface area contributed by atoms with E-state index in [0.717, 1.165) is 16.8 Å². The Balaban J connectivity index is 1.71. The Morgan fingerprint density at radius 1 is 1.32 bits per heavy atom. The largest absolute Gasteiger partial charge is 0.503 e. The van der Waals surface area contributed by atoms with Gasteiger partial charge < -0.3 is 9.84 Å². The van der Waals surface area contributed by atoms with Gasteiger partial charge in [-0.05, 0) is 40.5 Å². The van der Waals surface area contributed by atoms with Crippen molar-refractivity contribution in [2.75, 3.05) is 12.0 Å². The van der Waals surface area contributed by atoms with E-state index in [9.17, 15) is 5.11 Å². The number of nitrogens with zero attached hydrogens (tertiary/aromatic N) is 2. The van der Waals surface area contributed by atoms with E-state index in [2.05, 4.69) is 31.4 Å². The van der Waals surface area contributed by atoms with Crippen molar-refractivity contribution in [1.29, 1.82) is 0 Å². The topological polar surface area (TPSA) is 66.7 Å². The maximum atomic E-state index is 9.93. The number of ether oxygens (including phenoxy) is 1. The average molecular weight is 418 g/mol. The van der Waals surface area contributed by atoms with Crippen molar-refractivity contribution < 1.29 is 9.84 Å². The highest BCUT2D eigenvalue weighted by molar-refractivity contribution is 9.10. The van der Waals surface area contributed by atoms with Crippen LogP contribution in [0.25, 0.3) is 11.3 Å². The molecule has 0 unspecified atom stereocenters. The standard InChI is InChI=1S/C18H16BrN3O2S/c1-2-24-16-9-12(8-14(19)17(16)23)10-20-22-18-21-15(11-25-18)13-6-4-3-5-7-13/h3-11,23H,2H2,1H3,(H,21,22). The van der Waals surface area contributed by atoms with E-state index in [-0.39, 0.29) is 5.75 Å². The molecule has 0 radical (unpaired) electrons. The molecule has 0 aliphatic rings. The number of hydrazone groups is 1. The van der Waals surface area contributed by atoms with Gasteiger partial charge in [0.25, 0.3) is 0 Å². The van der Waals surface area contributed by atoms with E-state index < -0.39 is 0 Å². The van der Waals surface area contributed by atoms with Crippen LogP contribution in [0.2, 0.25) is 0 Å². The quantitative estimate of drug-likeness (QED) is 0.431. The SMILES string of the molecule is CCOc1cc(C=NNc2nc(-c3ccccc3)cs2)cc(Br)c1O. The lowest BCUT2D eigenvalue weighted by molar-refractivity contribution is 0.317. The van der Waals surface area contributed by atoms with Crippen molar-refractivity contribution in [3.63, 3.8) is 0 Å². The molecule has 0 atom stereocenters. The van der Waals surface area contributed by atoms with E-state index in [1.54, 1.807) is 18.3 Å². The highest BCUT2D eigenvalue weighted by Gasteiger charge is 2.08. The zero-order valence-electron chi connectivity index (χ0n) is 13.4. The molecule has 0 bridgehead atoms. The molecule has 0 amide bonds. The maximum Gasteiger partial charge on any atom is 0.203 e. The Bertz CT molecular complexity index is 881. The Kier molecular flexibility index (Phi) is 5.67. The van der Waals surface area contributed by atoms with Crippen molar-refractivity contribution in [2.45, 2.75) is 6.92 Å². The summed E-state index contributed by atoms with van der Waals surface area (Å²) in [5.41, 5.74) is 5.70. The molecule has 128 valence electrons. The Morgan fingerprint density at radius 3 is 2.88 bits per heavy atom. The summed E-state index contributed by atoms with van der Waals surface area (Å²) in [7, 11) is 0. The first-order valence-electron chi connectivity index (χ1n) is 7.62. The third-order valence-corrected chi connectivity index (χ3v) is 4.65. The molecule has 3 aromatic rings. The first-order valence-corrected chi connectivity index (χ1v) is 9.30. The first-order chi connectivity index (χ1) is 12.2. The highest BCUT2D eigenvalue weighted by Crippen LogP contribution is 2.35. The van der Waals surface area contributed by atoms with Crippen LogP contribution in [0.3, 0.4) is 0 Å². The summed E-state index contributed by atoms with van der Waals surface area (Å²) in [6.45, 7) is 2.34. The lowest BCUT2D eigenvalue weighted by atomic mass is 10.2. The third kappa shape index (κ3) is 4.37. The van der Waals surface area contributed by atoms with Gasteiger partial charge in [0, 0.05) is 10.9 Å². The molecule has 0 saturated carbocycles. The number of aromatic hydroxyl groups is 1. The van der Waals surface area contributed by atoms with Crippen molar-refractivity contribution in [2.24, 2.45) is 5.10 Å². The molecule has 0 fully saturated rings. The number of thiazole rings is 1. The maximum absolute atomic E-state index is 9.93. The van der Waals surface area contributed by atoms with Crippen LogP contribution in [0, 0.1) is 0 Å². The smallest absolute Gasteiger partial charge is 0.203 e. The Morgan fingerprint density at radius 2 is 2.12 bits per heavy atom. The number of phenolic OH excluding ortho intramolecular Hbond substituents is 1. The molecule has 5 nitrogen and oxygen atoms in total. The van der Waals surface area contributed by atoms with Crippen LogP contribution in [0.5, 0.6) is 11.5 Å². The Labute approximate surface area is 158 Å². The molecule has 0 aliphatic heterocycles. The zero-order chi connectivity index (χ0) is 17.6. The Hall–Kier alpha value is -2.38. The summed E-state index contributed by atoms with van der Waals surface area (Å²) in [6.07, 6.45) is 1.65. The summed E-state index contributed by atoms with van der Waals surface area (Å²) in [6, 6.07) is 13.5. The number of nitrogens with one attached hydrogen (secondary N) is 1. The summed E-state index contributed by atoms with van der Waals surface area (Å²) in [5.74, 6) is 0.498. The van der Waals surface area contributed by atoms with Crippen LogP contribution < -0.4 is 10.2 Å². The number of anilines is 1. The fraction of sp³-hybridized carbons (Fsp3) is 0.111. The number of rotatable bonds is 6. The molecule has 0 saturated heterocycles. The molecule has 25 heavy (non-hydrogen) atoms. The second-order valence-corrected chi connectivity index (χ2v) is 6.77. The molecule has 0 aliphatic carbocycles. The fourth-order valence-electron chi connectivity index (χ4n) is 2.16. The normalized spacial score (nSPS) is 11.0. The molecular weight excluding hydrogens is 402 g/mol. The summed E-state index contributed by atoms with van der Waals surface area (Å²) < 4.78 is 5.96. The van der Waals surface area contributed by atoms with Gasteiger partial charge in [-0.15, -0.1) is 11.3 Å². The number of benzene rings is 2. The van der Waals surface area contributed by atoms with Gasteiger partial charge >= 0.3 is 0 Å². The monoisotopic (exact) mass is 417 g/mol. The third-order valence-electron chi connectivity index (χ3n) is 3.30. The predicted molar refractivity (Wildman–Crippen MR) is 106 cm³/mol. The van der Waals surface area contributed by atoms with Crippen molar-refractivity contribution in [3.8, 4) is 22.8 Å². The van der Waals surface area contributed by atoms with Gasteiger partial charge in [-0.25, -0.2) is 4.98 Å². The zero-order valence-corrected chi connectivity index (χ0v) is 15.8. The molecule has 2 N–H and O–H groups in total. The van der Waals surface area contributed by atoms with Gasteiger partial charge in [-0.3, -0.25) is 5.43 Å². The van der Waals surface area contributed by atoms with Gasteiger partial charge in [-0.2, -0.15) is 5.10 Å². The number of halogens is 1. The number of hydrogen-bond donors (Lipinski definition) is 2. The van der Waals surface area contributed by atoms with Gasteiger partial charge in [-0.1, -0.05) is 30.3 Å². The van der Waals surface area contributed by atoms with Crippen LogP contribution in [0.4, 0.5) is 5.13 Å². The molecule has 7 heteroatoms. The minimum atomic E-state index is 0.0828. The van der Waals surface area contributed by atoms with Crippen LogP contribution in [0.1, 0.15) is 12.5 Å².